The third-order valence-electron chi connectivity index (χ3n) is 7.74. The van der Waals surface area contributed by atoms with Crippen molar-refractivity contribution in [2.45, 2.75) is 57.4 Å². The summed E-state index contributed by atoms with van der Waals surface area (Å²) in [4.78, 5) is 21.4. The molecule has 42 heavy (non-hydrogen) atoms. The molecule has 1 N–H and O–H groups in total. The van der Waals surface area contributed by atoms with Crippen molar-refractivity contribution < 1.29 is 40.6 Å². The number of rotatable bonds is 6. The van der Waals surface area contributed by atoms with Gasteiger partial charge in [0.1, 0.15) is 11.6 Å². The number of aromatic nitrogens is 1. The number of aliphatic hydroxyl groups excluding tert-OH is 1. The number of halogens is 7. The molecule has 1 fully saturated rings. The summed E-state index contributed by atoms with van der Waals surface area (Å²) < 4.78 is 95.3. The molecular weight excluding hydrogens is 567 g/mol. The number of hydrogen-bond donors (Lipinski definition) is 1. The van der Waals surface area contributed by atoms with E-state index in [1.54, 1.807) is 13.0 Å². The number of pyridine rings is 1. The Bertz CT molecular complexity index is 1450. The van der Waals surface area contributed by atoms with Crippen molar-refractivity contribution in [3.8, 4) is 11.1 Å². The van der Waals surface area contributed by atoms with Gasteiger partial charge in [-0.2, -0.15) is 26.3 Å². The monoisotopic (exact) mass is 597 g/mol. The first-order valence-corrected chi connectivity index (χ1v) is 13.2. The fourth-order valence-electron chi connectivity index (χ4n) is 5.30. The molecule has 2 aromatic carbocycles. The zero-order chi connectivity index (χ0) is 31.2. The Morgan fingerprint density at radius 1 is 0.976 bits per heavy atom. The molecule has 226 valence electrons. The highest BCUT2D eigenvalue weighted by Crippen LogP contribution is 2.41. The number of anilines is 2. The van der Waals surface area contributed by atoms with Crippen molar-refractivity contribution in [2.24, 2.45) is 0 Å². The molecule has 1 amide bonds. The number of alkyl halides is 6. The maximum absolute atomic E-state index is 14.0. The minimum absolute atomic E-state index is 0.0177. The van der Waals surface area contributed by atoms with E-state index in [0.717, 1.165) is 17.7 Å². The highest BCUT2D eigenvalue weighted by molar-refractivity contribution is 6.03. The zero-order valence-corrected chi connectivity index (χ0v) is 23.4. The first-order chi connectivity index (χ1) is 19.4. The van der Waals surface area contributed by atoms with Crippen molar-refractivity contribution in [3.63, 3.8) is 0 Å². The molecule has 1 unspecified atom stereocenters. The third-order valence-corrected chi connectivity index (χ3v) is 7.74. The maximum Gasteiger partial charge on any atom is 0.416 e. The molecule has 1 aliphatic heterocycles. The van der Waals surface area contributed by atoms with Gasteiger partial charge in [-0.25, -0.2) is 9.37 Å². The molecule has 1 atom stereocenters. The van der Waals surface area contributed by atoms with Crippen molar-refractivity contribution in [1.29, 1.82) is 0 Å². The molecule has 5 nitrogen and oxygen atoms in total. The molecule has 0 aliphatic carbocycles. The largest absolute Gasteiger partial charge is 0.416 e. The lowest BCUT2D eigenvalue weighted by Crippen LogP contribution is -2.42. The van der Waals surface area contributed by atoms with E-state index in [2.05, 4.69) is 4.98 Å². The highest BCUT2D eigenvalue weighted by Gasteiger charge is 2.41. The summed E-state index contributed by atoms with van der Waals surface area (Å²) in [5.74, 6) is -0.774. The quantitative estimate of drug-likeness (QED) is 0.307. The number of aryl methyl sites for hydroxylation is 1. The summed E-state index contributed by atoms with van der Waals surface area (Å²) in [5.41, 5.74) is -3.59. The number of aliphatic hydroxyl groups is 1. The van der Waals surface area contributed by atoms with Gasteiger partial charge in [-0.05, 0) is 86.7 Å². The second-order valence-corrected chi connectivity index (χ2v) is 11.0. The van der Waals surface area contributed by atoms with Gasteiger partial charge in [0, 0.05) is 19.2 Å². The first-order valence-electron chi connectivity index (χ1n) is 13.2. The molecule has 0 bridgehead atoms. The van der Waals surface area contributed by atoms with Crippen LogP contribution in [0, 0.1) is 12.7 Å². The molecule has 0 saturated carbocycles. The molecule has 1 aromatic heterocycles. The number of carbonyl (C=O) groups is 1. The van der Waals surface area contributed by atoms with E-state index in [-0.39, 0.29) is 24.4 Å². The van der Waals surface area contributed by atoms with Gasteiger partial charge in [0.2, 0.25) is 5.91 Å². The van der Waals surface area contributed by atoms with Gasteiger partial charge >= 0.3 is 12.4 Å². The van der Waals surface area contributed by atoms with Crippen LogP contribution in [0.1, 0.15) is 48.9 Å². The van der Waals surface area contributed by atoms with Crippen molar-refractivity contribution in [2.75, 3.05) is 30.0 Å². The van der Waals surface area contributed by atoms with Crippen LogP contribution >= 0.6 is 0 Å². The van der Waals surface area contributed by atoms with E-state index >= 15 is 0 Å². The summed E-state index contributed by atoms with van der Waals surface area (Å²) in [6.07, 6.45) is -7.19. The van der Waals surface area contributed by atoms with Gasteiger partial charge in [0.15, 0.2) is 0 Å². The average Bonchev–Trinajstić information content (AvgIpc) is 3.40. The van der Waals surface area contributed by atoms with Crippen molar-refractivity contribution in [3.05, 3.63) is 76.7 Å². The number of hydrogen-bond acceptors (Lipinski definition) is 4. The lowest BCUT2D eigenvalue weighted by molar-refractivity contribution is -0.143. The number of likely N-dealkylation sites (N-methyl/N-ethyl adjacent to an activating group) is 1. The van der Waals surface area contributed by atoms with E-state index < -0.39 is 46.2 Å². The third kappa shape index (κ3) is 6.08. The molecule has 0 spiro atoms. The van der Waals surface area contributed by atoms with E-state index in [0.29, 0.717) is 41.2 Å². The van der Waals surface area contributed by atoms with Crippen LogP contribution < -0.4 is 9.80 Å². The second kappa shape index (κ2) is 11.2. The summed E-state index contributed by atoms with van der Waals surface area (Å²) in [7, 11) is 1.35. The minimum Gasteiger partial charge on any atom is -0.394 e. The average molecular weight is 598 g/mol. The van der Waals surface area contributed by atoms with Gasteiger partial charge < -0.3 is 14.9 Å². The molecule has 2 heterocycles. The van der Waals surface area contributed by atoms with Crippen LogP contribution in [-0.2, 0) is 22.6 Å². The zero-order valence-electron chi connectivity index (χ0n) is 23.4. The molecule has 1 aliphatic rings. The van der Waals surface area contributed by atoms with Gasteiger partial charge in [-0.1, -0.05) is 6.07 Å². The number of nitrogens with zero attached hydrogens (tertiary/aromatic N) is 3. The molecule has 0 radical (unpaired) electrons. The Morgan fingerprint density at radius 3 is 2.12 bits per heavy atom. The second-order valence-electron chi connectivity index (χ2n) is 11.0. The van der Waals surface area contributed by atoms with Gasteiger partial charge in [-0.3, -0.25) is 4.79 Å². The van der Waals surface area contributed by atoms with Crippen LogP contribution in [0.4, 0.5) is 42.2 Å². The van der Waals surface area contributed by atoms with Crippen molar-refractivity contribution in [1.82, 2.24) is 4.98 Å². The highest BCUT2D eigenvalue weighted by atomic mass is 19.4. The summed E-state index contributed by atoms with van der Waals surface area (Å²) in [6, 6.07) is 6.70. The summed E-state index contributed by atoms with van der Waals surface area (Å²) in [6.45, 7) is 4.70. The molecular formula is C30H30F7N3O2. The Kier molecular flexibility index (Phi) is 8.34. The Labute approximate surface area is 238 Å². The van der Waals surface area contributed by atoms with Gasteiger partial charge in [0.25, 0.3) is 0 Å². The predicted octanol–water partition coefficient (Wildman–Crippen LogP) is 7.14. The maximum atomic E-state index is 14.0. The number of carbonyl (C=O) groups excluding carboxylic acids is 1. The van der Waals surface area contributed by atoms with Crippen molar-refractivity contribution >= 4 is 17.4 Å². The summed E-state index contributed by atoms with van der Waals surface area (Å²) in [5, 5.41) is 9.81. The standard InChI is InChI=1S/C30H30F7N3O2/c1-17-10-21(31)7-8-23(17)24-14-26(40-9-5-6-22(40)16-41)38-15-25(24)39(4)27(42)28(2,3)18-11-19(29(32,33)34)13-20(12-18)30(35,36)37/h7-8,10-15,22,41H,5-6,9,16H2,1-4H3. The number of amides is 1. The van der Waals surface area contributed by atoms with Crippen LogP contribution in [-0.4, -0.2) is 42.2 Å². The topological polar surface area (TPSA) is 56.7 Å². The van der Waals surface area contributed by atoms with E-state index in [9.17, 15) is 40.6 Å². The van der Waals surface area contributed by atoms with Crippen LogP contribution in [0.15, 0.2) is 48.7 Å². The minimum atomic E-state index is -5.07. The Balaban J connectivity index is 1.83. The van der Waals surface area contributed by atoms with Gasteiger partial charge in [0.05, 0.1) is 41.1 Å². The first kappa shape index (κ1) is 31.3. The molecule has 3 aromatic rings. The summed E-state index contributed by atoms with van der Waals surface area (Å²) >= 11 is 0. The lowest BCUT2D eigenvalue weighted by Gasteiger charge is -2.32. The smallest absolute Gasteiger partial charge is 0.394 e. The van der Waals surface area contributed by atoms with Gasteiger partial charge in [-0.15, -0.1) is 0 Å². The van der Waals surface area contributed by atoms with Crippen LogP contribution in [0.2, 0.25) is 0 Å². The van der Waals surface area contributed by atoms with E-state index in [1.165, 1.54) is 45.3 Å². The fraction of sp³-hybridized carbons (Fsp3) is 0.400. The van der Waals surface area contributed by atoms with Crippen LogP contribution in [0.5, 0.6) is 0 Å². The SMILES string of the molecule is Cc1cc(F)ccc1-c1cc(N2CCCC2CO)ncc1N(C)C(=O)C(C)(C)c1cc(C(F)(F)F)cc(C(F)(F)F)c1. The molecule has 4 rings (SSSR count). The fourth-order valence-corrected chi connectivity index (χ4v) is 5.30. The predicted molar refractivity (Wildman–Crippen MR) is 145 cm³/mol. The molecule has 1 saturated heterocycles. The number of benzene rings is 2. The van der Waals surface area contributed by atoms with E-state index in [1.807, 2.05) is 4.90 Å². The lowest BCUT2D eigenvalue weighted by atomic mass is 9.81. The molecule has 12 heteroatoms. The Morgan fingerprint density at radius 2 is 1.57 bits per heavy atom. The normalized spacial score (nSPS) is 16.2. The van der Waals surface area contributed by atoms with E-state index in [4.69, 9.17) is 0 Å². The van der Waals surface area contributed by atoms with Crippen LogP contribution in [0.25, 0.3) is 11.1 Å². The van der Waals surface area contributed by atoms with Crippen LogP contribution in [0.3, 0.4) is 0 Å². The Hall–Kier alpha value is -3.67.